The Morgan fingerprint density at radius 1 is 1.42 bits per heavy atom. The zero-order valence-electron chi connectivity index (χ0n) is 13.0. The van der Waals surface area contributed by atoms with Gasteiger partial charge in [-0.25, -0.2) is 9.37 Å². The molecule has 2 heterocycles. The Labute approximate surface area is 142 Å². The molecule has 3 atom stereocenters. The van der Waals surface area contributed by atoms with E-state index in [0.29, 0.717) is 22.9 Å². The highest BCUT2D eigenvalue weighted by Crippen LogP contribution is 2.50. The van der Waals surface area contributed by atoms with Crippen molar-refractivity contribution < 1.29 is 14.0 Å². The minimum atomic E-state index is -0.551. The van der Waals surface area contributed by atoms with Gasteiger partial charge in [0.1, 0.15) is 17.6 Å². The van der Waals surface area contributed by atoms with E-state index in [2.05, 4.69) is 4.98 Å². The molecule has 124 valence electrons. The molecular weight excluding hydrogens is 329 g/mol. The van der Waals surface area contributed by atoms with Crippen LogP contribution in [0, 0.1) is 24.6 Å². The molecular formula is C17H16FN3O2S. The van der Waals surface area contributed by atoms with Crippen LogP contribution >= 0.6 is 11.3 Å². The molecule has 1 aromatic heterocycles. The van der Waals surface area contributed by atoms with Crippen molar-refractivity contribution in [2.24, 2.45) is 17.6 Å². The second-order valence-electron chi connectivity index (χ2n) is 6.39. The number of hydrogen-bond acceptors (Lipinski definition) is 4. The molecule has 2 amide bonds. The number of halogens is 1. The van der Waals surface area contributed by atoms with Gasteiger partial charge in [-0.2, -0.15) is 0 Å². The number of thiazole rings is 1. The first kappa shape index (κ1) is 15.3. The van der Waals surface area contributed by atoms with Gasteiger partial charge in [0.25, 0.3) is 5.91 Å². The molecule has 4 rings (SSSR count). The first-order chi connectivity index (χ1) is 11.5. The van der Waals surface area contributed by atoms with Gasteiger partial charge in [0.15, 0.2) is 0 Å². The number of hydrogen-bond donors (Lipinski definition) is 1. The van der Waals surface area contributed by atoms with Crippen LogP contribution in [0.1, 0.15) is 21.9 Å². The average Bonchev–Trinajstić information content (AvgIpc) is 3.01. The van der Waals surface area contributed by atoms with Gasteiger partial charge in [-0.1, -0.05) is 12.1 Å². The zero-order chi connectivity index (χ0) is 17.0. The summed E-state index contributed by atoms with van der Waals surface area (Å²) in [6, 6.07) is 5.54. The van der Waals surface area contributed by atoms with Crippen LogP contribution in [0.15, 0.2) is 24.3 Å². The molecule has 2 aliphatic rings. The molecule has 1 saturated carbocycles. The van der Waals surface area contributed by atoms with Gasteiger partial charge in [0, 0.05) is 6.54 Å². The number of primary amides is 1. The summed E-state index contributed by atoms with van der Waals surface area (Å²) >= 11 is 1.34. The van der Waals surface area contributed by atoms with Crippen molar-refractivity contribution in [3.05, 3.63) is 40.8 Å². The van der Waals surface area contributed by atoms with Crippen LogP contribution in [-0.4, -0.2) is 34.3 Å². The van der Waals surface area contributed by atoms with Gasteiger partial charge < -0.3 is 10.6 Å². The van der Waals surface area contributed by atoms with Gasteiger partial charge in [-0.15, -0.1) is 11.3 Å². The van der Waals surface area contributed by atoms with E-state index in [4.69, 9.17) is 5.73 Å². The number of nitrogens with two attached hydrogens (primary N) is 1. The fourth-order valence-electron chi connectivity index (χ4n) is 3.57. The number of carbonyl (C=O) groups is 2. The second-order valence-corrected chi connectivity index (χ2v) is 7.59. The lowest BCUT2D eigenvalue weighted by Gasteiger charge is -2.24. The Hall–Kier alpha value is -2.28. The van der Waals surface area contributed by atoms with E-state index in [-0.39, 0.29) is 23.3 Å². The van der Waals surface area contributed by atoms with E-state index in [1.165, 1.54) is 23.5 Å². The fourth-order valence-corrected chi connectivity index (χ4v) is 4.48. The summed E-state index contributed by atoms with van der Waals surface area (Å²) in [4.78, 5) is 31.3. The molecule has 2 N–H and O–H groups in total. The summed E-state index contributed by atoms with van der Waals surface area (Å²) in [7, 11) is 0. The van der Waals surface area contributed by atoms with E-state index in [9.17, 15) is 14.0 Å². The predicted octanol–water partition coefficient (Wildman–Crippen LogP) is 2.20. The van der Waals surface area contributed by atoms with E-state index in [1.807, 2.05) is 0 Å². The Balaban J connectivity index is 1.72. The SMILES string of the molecule is Cc1nc(C(=O)N2C[C@H]3C[C@H]3[C@H]2C(N)=O)c(-c2cccc(F)c2)s1. The molecule has 2 aromatic rings. The number of nitrogens with zero attached hydrogens (tertiary/aromatic N) is 2. The van der Waals surface area contributed by atoms with Crippen molar-refractivity contribution >= 4 is 23.2 Å². The van der Waals surface area contributed by atoms with E-state index in [0.717, 1.165) is 11.4 Å². The Kier molecular flexibility index (Phi) is 3.42. The first-order valence-electron chi connectivity index (χ1n) is 7.79. The summed E-state index contributed by atoms with van der Waals surface area (Å²) < 4.78 is 13.5. The van der Waals surface area contributed by atoms with Crippen molar-refractivity contribution in [1.82, 2.24) is 9.88 Å². The summed E-state index contributed by atoms with van der Waals surface area (Å²) in [5.74, 6) is -0.579. The summed E-state index contributed by atoms with van der Waals surface area (Å²) in [6.45, 7) is 2.34. The number of likely N-dealkylation sites (tertiary alicyclic amines) is 1. The monoisotopic (exact) mass is 345 g/mol. The topological polar surface area (TPSA) is 76.3 Å². The van der Waals surface area contributed by atoms with Crippen molar-refractivity contribution in [2.45, 2.75) is 19.4 Å². The molecule has 0 unspecified atom stereocenters. The highest BCUT2D eigenvalue weighted by molar-refractivity contribution is 7.15. The van der Waals surface area contributed by atoms with Gasteiger partial charge in [-0.05, 0) is 42.9 Å². The third-order valence-corrected chi connectivity index (χ3v) is 5.75. The number of aryl methyl sites for hydroxylation is 1. The Morgan fingerprint density at radius 3 is 2.92 bits per heavy atom. The Morgan fingerprint density at radius 2 is 2.21 bits per heavy atom. The zero-order valence-corrected chi connectivity index (χ0v) is 13.8. The number of aromatic nitrogens is 1. The smallest absolute Gasteiger partial charge is 0.274 e. The lowest BCUT2D eigenvalue weighted by Crippen LogP contribution is -2.46. The minimum absolute atomic E-state index is 0.184. The normalized spacial score (nSPS) is 24.8. The van der Waals surface area contributed by atoms with Crippen LogP contribution in [0.25, 0.3) is 10.4 Å². The summed E-state index contributed by atoms with van der Waals surface area (Å²) in [5, 5.41) is 0.720. The van der Waals surface area contributed by atoms with E-state index in [1.54, 1.807) is 24.0 Å². The standard InChI is InChI=1S/C17H16FN3O2S/c1-8-20-13(15(24-8)9-3-2-4-11(18)5-9)17(23)21-7-10-6-12(10)14(21)16(19)22/h2-5,10,12,14H,6-7H2,1H3,(H2,19,22)/t10-,12-,14+/m1/s1. The second kappa shape index (κ2) is 5.37. The number of amides is 2. The molecule has 0 bridgehead atoms. The number of benzene rings is 1. The highest BCUT2D eigenvalue weighted by atomic mass is 32.1. The molecule has 1 aromatic carbocycles. The molecule has 24 heavy (non-hydrogen) atoms. The molecule has 0 radical (unpaired) electrons. The van der Waals surface area contributed by atoms with Gasteiger partial charge >= 0.3 is 0 Å². The summed E-state index contributed by atoms with van der Waals surface area (Å²) in [6.07, 6.45) is 0.949. The van der Waals surface area contributed by atoms with Crippen LogP contribution in [-0.2, 0) is 4.79 Å². The molecule has 7 heteroatoms. The molecule has 1 saturated heterocycles. The van der Waals surface area contributed by atoms with Crippen LogP contribution in [0.4, 0.5) is 4.39 Å². The first-order valence-corrected chi connectivity index (χ1v) is 8.61. The third kappa shape index (κ3) is 2.39. The fraction of sp³-hybridized carbons (Fsp3) is 0.353. The number of rotatable bonds is 3. The molecule has 2 fully saturated rings. The van der Waals surface area contributed by atoms with Gasteiger partial charge in [0.2, 0.25) is 5.91 Å². The maximum atomic E-state index is 13.5. The molecule has 1 aliphatic carbocycles. The van der Waals surface area contributed by atoms with Crippen molar-refractivity contribution in [2.75, 3.05) is 6.54 Å². The number of carbonyl (C=O) groups excluding carboxylic acids is 2. The lowest BCUT2D eigenvalue weighted by molar-refractivity contribution is -0.122. The van der Waals surface area contributed by atoms with Crippen LogP contribution in [0.2, 0.25) is 0 Å². The molecule has 1 aliphatic heterocycles. The van der Waals surface area contributed by atoms with Crippen LogP contribution < -0.4 is 5.73 Å². The lowest BCUT2D eigenvalue weighted by atomic mass is 10.1. The van der Waals surface area contributed by atoms with Crippen LogP contribution in [0.3, 0.4) is 0 Å². The quantitative estimate of drug-likeness (QED) is 0.926. The number of piperidine rings is 1. The largest absolute Gasteiger partial charge is 0.368 e. The van der Waals surface area contributed by atoms with E-state index < -0.39 is 11.9 Å². The maximum Gasteiger partial charge on any atom is 0.274 e. The summed E-state index contributed by atoms with van der Waals surface area (Å²) in [5.41, 5.74) is 6.38. The predicted molar refractivity (Wildman–Crippen MR) is 87.9 cm³/mol. The highest BCUT2D eigenvalue weighted by Gasteiger charge is 2.56. The van der Waals surface area contributed by atoms with Crippen molar-refractivity contribution in [3.63, 3.8) is 0 Å². The minimum Gasteiger partial charge on any atom is -0.368 e. The maximum absolute atomic E-state index is 13.5. The third-order valence-electron chi connectivity index (χ3n) is 4.73. The number of fused-ring (bicyclic) bond motifs is 1. The van der Waals surface area contributed by atoms with Crippen molar-refractivity contribution in [1.29, 1.82) is 0 Å². The van der Waals surface area contributed by atoms with Crippen molar-refractivity contribution in [3.8, 4) is 10.4 Å². The average molecular weight is 345 g/mol. The molecule has 0 spiro atoms. The van der Waals surface area contributed by atoms with Gasteiger partial charge in [0.05, 0.1) is 9.88 Å². The van der Waals surface area contributed by atoms with Gasteiger partial charge in [-0.3, -0.25) is 9.59 Å². The molecule has 5 nitrogen and oxygen atoms in total. The van der Waals surface area contributed by atoms with E-state index >= 15 is 0 Å². The van der Waals surface area contributed by atoms with Crippen LogP contribution in [0.5, 0.6) is 0 Å². The Bertz CT molecular complexity index is 850.